The van der Waals surface area contributed by atoms with E-state index in [1.165, 1.54) is 30.4 Å². The van der Waals surface area contributed by atoms with E-state index in [1.54, 1.807) is 0 Å². The lowest BCUT2D eigenvalue weighted by atomic mass is 9.78. The SMILES string of the molecule is Cc1ccc2c(c1)c(NCC(=O)NC1CN(C3CCC(C(C)C)CC3)C1)nn2C(=O)NC(C)C. The third-order valence-electron chi connectivity index (χ3n) is 7.33. The van der Waals surface area contributed by atoms with E-state index in [-0.39, 0.29) is 30.6 Å². The number of carbonyl (C=O) groups is 2. The molecule has 1 saturated carbocycles. The Balaban J connectivity index is 1.29. The van der Waals surface area contributed by atoms with Crippen molar-refractivity contribution in [3.05, 3.63) is 23.8 Å². The minimum absolute atomic E-state index is 0.00618. The van der Waals surface area contributed by atoms with E-state index in [4.69, 9.17) is 0 Å². The number of anilines is 1. The molecule has 0 atom stereocenters. The van der Waals surface area contributed by atoms with E-state index in [0.717, 1.165) is 35.9 Å². The van der Waals surface area contributed by atoms with Gasteiger partial charge in [-0.3, -0.25) is 9.69 Å². The van der Waals surface area contributed by atoms with Crippen LogP contribution < -0.4 is 16.0 Å². The van der Waals surface area contributed by atoms with Crippen molar-refractivity contribution in [2.24, 2.45) is 11.8 Å². The molecule has 1 aromatic heterocycles. The van der Waals surface area contributed by atoms with Gasteiger partial charge in [0, 0.05) is 30.6 Å². The van der Waals surface area contributed by atoms with Gasteiger partial charge in [0.25, 0.3) is 0 Å². The first kappa shape index (κ1) is 24.5. The molecule has 0 radical (unpaired) electrons. The Kier molecular flexibility index (Phi) is 7.45. The average molecular weight is 469 g/mol. The van der Waals surface area contributed by atoms with Crippen molar-refractivity contribution in [1.29, 1.82) is 0 Å². The lowest BCUT2D eigenvalue weighted by Crippen LogP contribution is -2.63. The van der Waals surface area contributed by atoms with Gasteiger partial charge in [-0.15, -0.1) is 5.10 Å². The summed E-state index contributed by atoms with van der Waals surface area (Å²) in [6.45, 7) is 12.5. The predicted molar refractivity (Wildman–Crippen MR) is 136 cm³/mol. The Bertz CT molecular complexity index is 1020. The van der Waals surface area contributed by atoms with Crippen LogP contribution in [-0.4, -0.2) is 64.4 Å². The number of rotatable bonds is 7. The second-order valence-electron chi connectivity index (χ2n) is 10.8. The lowest BCUT2D eigenvalue weighted by molar-refractivity contribution is -0.121. The van der Waals surface area contributed by atoms with Crippen LogP contribution in [0.1, 0.15) is 58.9 Å². The van der Waals surface area contributed by atoms with E-state index in [9.17, 15) is 9.59 Å². The van der Waals surface area contributed by atoms with Crippen LogP contribution in [0.25, 0.3) is 10.9 Å². The maximum Gasteiger partial charge on any atom is 0.342 e. The summed E-state index contributed by atoms with van der Waals surface area (Å²) in [5, 5.41) is 14.5. The van der Waals surface area contributed by atoms with Crippen LogP contribution in [0, 0.1) is 18.8 Å². The zero-order chi connectivity index (χ0) is 24.4. The fraction of sp³-hybridized carbons (Fsp3) is 0.654. The monoisotopic (exact) mass is 468 g/mol. The molecule has 2 amide bonds. The molecule has 3 N–H and O–H groups in total. The second kappa shape index (κ2) is 10.3. The van der Waals surface area contributed by atoms with Crippen LogP contribution in [0.15, 0.2) is 18.2 Å². The highest BCUT2D eigenvalue weighted by atomic mass is 16.2. The molecule has 1 aromatic carbocycles. The van der Waals surface area contributed by atoms with Gasteiger partial charge in [-0.25, -0.2) is 4.79 Å². The standard InChI is InChI=1S/C26H40N6O2/c1-16(2)19-7-9-21(10-8-19)31-14-20(15-31)29-24(33)13-27-25-22-12-18(5)6-11-23(22)32(30-25)26(34)28-17(3)4/h6,11-12,16-17,19-21H,7-10,13-15H2,1-5H3,(H,27,30)(H,28,34)(H,29,33). The van der Waals surface area contributed by atoms with Gasteiger partial charge in [-0.1, -0.05) is 25.5 Å². The molecule has 2 fully saturated rings. The molecule has 2 aliphatic rings. The molecule has 0 bridgehead atoms. The normalized spacial score (nSPS) is 21.6. The molecule has 8 heteroatoms. The van der Waals surface area contributed by atoms with Crippen LogP contribution in [-0.2, 0) is 4.79 Å². The Morgan fingerprint density at radius 3 is 2.44 bits per heavy atom. The predicted octanol–water partition coefficient (Wildman–Crippen LogP) is 3.74. The van der Waals surface area contributed by atoms with Gasteiger partial charge in [-0.05, 0) is 70.4 Å². The number of nitrogens with one attached hydrogen (secondary N) is 3. The van der Waals surface area contributed by atoms with Gasteiger partial charge in [0.05, 0.1) is 18.1 Å². The maximum atomic E-state index is 12.6. The Labute approximate surface area is 202 Å². The number of carbonyl (C=O) groups excluding carboxylic acids is 2. The highest BCUT2D eigenvalue weighted by Crippen LogP contribution is 2.33. The molecule has 1 aliphatic heterocycles. The van der Waals surface area contributed by atoms with Gasteiger partial charge in [0.1, 0.15) is 0 Å². The van der Waals surface area contributed by atoms with E-state index in [2.05, 4.69) is 39.8 Å². The first-order valence-electron chi connectivity index (χ1n) is 12.8. The van der Waals surface area contributed by atoms with Gasteiger partial charge < -0.3 is 16.0 Å². The van der Waals surface area contributed by atoms with Crippen molar-refractivity contribution in [3.8, 4) is 0 Å². The minimum Gasteiger partial charge on any atom is -0.359 e. The van der Waals surface area contributed by atoms with Crippen molar-refractivity contribution in [3.63, 3.8) is 0 Å². The van der Waals surface area contributed by atoms with Crippen molar-refractivity contribution in [2.45, 2.75) is 78.4 Å². The smallest absolute Gasteiger partial charge is 0.342 e. The van der Waals surface area contributed by atoms with Crippen LogP contribution in [0.2, 0.25) is 0 Å². The molecule has 34 heavy (non-hydrogen) atoms. The van der Waals surface area contributed by atoms with Crippen molar-refractivity contribution in [1.82, 2.24) is 25.3 Å². The number of aryl methyl sites for hydroxylation is 1. The molecule has 2 aromatic rings. The Morgan fingerprint density at radius 2 is 1.79 bits per heavy atom. The fourth-order valence-corrected chi connectivity index (χ4v) is 5.30. The summed E-state index contributed by atoms with van der Waals surface area (Å²) in [4.78, 5) is 27.7. The summed E-state index contributed by atoms with van der Waals surface area (Å²) in [6.07, 6.45) is 5.22. The minimum atomic E-state index is -0.279. The Morgan fingerprint density at radius 1 is 1.09 bits per heavy atom. The molecule has 186 valence electrons. The molecular weight excluding hydrogens is 428 g/mol. The van der Waals surface area contributed by atoms with Crippen molar-refractivity contribution < 1.29 is 9.59 Å². The van der Waals surface area contributed by atoms with Crippen LogP contribution in [0.4, 0.5) is 10.6 Å². The highest BCUT2D eigenvalue weighted by Gasteiger charge is 2.35. The number of likely N-dealkylation sites (tertiary alicyclic amines) is 1. The van der Waals surface area contributed by atoms with Crippen LogP contribution >= 0.6 is 0 Å². The van der Waals surface area contributed by atoms with Gasteiger partial charge in [0.15, 0.2) is 5.82 Å². The van der Waals surface area contributed by atoms with Crippen molar-refractivity contribution in [2.75, 3.05) is 25.0 Å². The average Bonchev–Trinajstić information content (AvgIpc) is 3.12. The molecule has 2 heterocycles. The third-order valence-corrected chi connectivity index (χ3v) is 7.33. The molecule has 0 spiro atoms. The quantitative estimate of drug-likeness (QED) is 0.576. The molecule has 1 aliphatic carbocycles. The van der Waals surface area contributed by atoms with Gasteiger partial charge >= 0.3 is 6.03 Å². The highest BCUT2D eigenvalue weighted by molar-refractivity contribution is 5.98. The number of amides is 2. The molecule has 4 rings (SSSR count). The third kappa shape index (κ3) is 5.54. The van der Waals surface area contributed by atoms with E-state index in [0.29, 0.717) is 17.4 Å². The van der Waals surface area contributed by atoms with E-state index >= 15 is 0 Å². The summed E-state index contributed by atoms with van der Waals surface area (Å²) >= 11 is 0. The lowest BCUT2D eigenvalue weighted by Gasteiger charge is -2.47. The summed E-state index contributed by atoms with van der Waals surface area (Å²) in [7, 11) is 0. The molecule has 0 unspecified atom stereocenters. The maximum absolute atomic E-state index is 12.6. The molecule has 1 saturated heterocycles. The summed E-state index contributed by atoms with van der Waals surface area (Å²) in [5.74, 6) is 2.16. The summed E-state index contributed by atoms with van der Waals surface area (Å²) in [6, 6.07) is 6.45. The second-order valence-corrected chi connectivity index (χ2v) is 10.8. The van der Waals surface area contributed by atoms with Gasteiger partial charge in [-0.2, -0.15) is 4.68 Å². The first-order valence-corrected chi connectivity index (χ1v) is 12.8. The van der Waals surface area contributed by atoms with Crippen LogP contribution in [0.3, 0.4) is 0 Å². The fourth-order valence-electron chi connectivity index (χ4n) is 5.30. The van der Waals surface area contributed by atoms with E-state index < -0.39 is 0 Å². The number of hydrogen-bond acceptors (Lipinski definition) is 5. The number of nitrogens with zero attached hydrogens (tertiary/aromatic N) is 3. The topological polar surface area (TPSA) is 91.3 Å². The summed E-state index contributed by atoms with van der Waals surface area (Å²) in [5.41, 5.74) is 1.79. The van der Waals surface area contributed by atoms with Crippen LogP contribution in [0.5, 0.6) is 0 Å². The first-order chi connectivity index (χ1) is 16.2. The zero-order valence-electron chi connectivity index (χ0n) is 21.2. The number of fused-ring (bicyclic) bond motifs is 1. The largest absolute Gasteiger partial charge is 0.359 e. The number of hydrogen-bond donors (Lipinski definition) is 3. The molecule has 8 nitrogen and oxygen atoms in total. The Hall–Kier alpha value is -2.61. The summed E-state index contributed by atoms with van der Waals surface area (Å²) < 4.78 is 1.37. The van der Waals surface area contributed by atoms with Crippen molar-refractivity contribution >= 4 is 28.7 Å². The molecular formula is C26H40N6O2. The number of aromatic nitrogens is 2. The number of benzene rings is 1. The van der Waals surface area contributed by atoms with Gasteiger partial charge in [0.2, 0.25) is 5.91 Å². The van der Waals surface area contributed by atoms with E-state index in [1.807, 2.05) is 39.0 Å². The zero-order valence-corrected chi connectivity index (χ0v) is 21.2.